The van der Waals surface area contributed by atoms with Gasteiger partial charge in [0.1, 0.15) is 9.96 Å². The second-order valence-electron chi connectivity index (χ2n) is 9.92. The topological polar surface area (TPSA) is 152 Å². The second kappa shape index (κ2) is 14.5. The zero-order valence-electron chi connectivity index (χ0n) is 23.7. The van der Waals surface area contributed by atoms with Gasteiger partial charge < -0.3 is 20.5 Å². The molecule has 0 spiro atoms. The number of aromatic nitrogens is 2. The van der Waals surface area contributed by atoms with E-state index >= 15 is 0 Å². The number of aliphatic carboxylic acids is 1. The third-order valence-corrected chi connectivity index (χ3v) is 9.72. The van der Waals surface area contributed by atoms with Crippen LogP contribution in [0.2, 0.25) is 4.34 Å². The van der Waals surface area contributed by atoms with Gasteiger partial charge in [-0.15, -0.1) is 11.3 Å². The number of thiophene rings is 1. The van der Waals surface area contributed by atoms with Crippen molar-refractivity contribution in [3.63, 3.8) is 0 Å². The number of carboxylic acids is 1. The number of benzene rings is 2. The number of nitrogens with zero attached hydrogens (tertiary/aromatic N) is 2. The number of sulfonamides is 1. The molecule has 0 bridgehead atoms. The van der Waals surface area contributed by atoms with Gasteiger partial charge in [0, 0.05) is 19.0 Å². The van der Waals surface area contributed by atoms with Crippen LogP contribution in [0.25, 0.3) is 10.9 Å². The van der Waals surface area contributed by atoms with Crippen molar-refractivity contribution in [2.45, 2.75) is 48.8 Å². The molecule has 1 aliphatic heterocycles. The Morgan fingerprint density at radius 3 is 2.51 bits per heavy atom. The third kappa shape index (κ3) is 9.09. The van der Waals surface area contributed by atoms with E-state index < -0.39 is 22.2 Å². The minimum absolute atomic E-state index is 0.0314. The highest BCUT2D eigenvalue weighted by molar-refractivity contribution is 7.94. The van der Waals surface area contributed by atoms with Gasteiger partial charge in [-0.3, -0.25) is 14.2 Å². The molecule has 1 saturated heterocycles. The van der Waals surface area contributed by atoms with Crippen LogP contribution in [0.1, 0.15) is 30.4 Å². The first-order chi connectivity index (χ1) is 21.3. The Labute approximate surface area is 265 Å². The van der Waals surface area contributed by atoms with Crippen molar-refractivity contribution in [2.24, 2.45) is 0 Å². The van der Waals surface area contributed by atoms with Gasteiger partial charge >= 0.3 is 12.1 Å². The molecule has 11 nitrogen and oxygen atoms in total. The summed E-state index contributed by atoms with van der Waals surface area (Å²) in [4.78, 5) is 21.2. The predicted molar refractivity (Wildman–Crippen MR) is 163 cm³/mol. The molecule has 4 N–H and O–H groups in total. The Hall–Kier alpha value is -3.86. The number of ether oxygens (including phenoxy) is 1. The van der Waals surface area contributed by atoms with E-state index in [1.165, 1.54) is 13.2 Å². The molecular formula is C28H29ClF3N5O6S2. The van der Waals surface area contributed by atoms with Crippen molar-refractivity contribution in [3.05, 3.63) is 70.1 Å². The van der Waals surface area contributed by atoms with E-state index in [-0.39, 0.29) is 22.0 Å². The maximum atomic E-state index is 13.0. The van der Waals surface area contributed by atoms with E-state index in [1.807, 2.05) is 36.4 Å². The molecule has 1 fully saturated rings. The van der Waals surface area contributed by atoms with Gasteiger partial charge in [0.2, 0.25) is 5.91 Å². The average Bonchev–Trinajstić information content (AvgIpc) is 3.73. The number of carbonyl (C=O) groups excluding carboxylic acids is 1. The minimum atomic E-state index is -5.08. The Balaban J connectivity index is 0.000000591. The van der Waals surface area contributed by atoms with E-state index in [2.05, 4.69) is 20.5 Å². The molecule has 17 heteroatoms. The lowest BCUT2D eigenvalue weighted by Crippen LogP contribution is -2.31. The van der Waals surface area contributed by atoms with Crippen LogP contribution in [0.15, 0.2) is 58.8 Å². The third-order valence-electron chi connectivity index (χ3n) is 6.65. The number of anilines is 1. The van der Waals surface area contributed by atoms with E-state index in [1.54, 1.807) is 16.8 Å². The summed E-state index contributed by atoms with van der Waals surface area (Å²) in [5.41, 5.74) is 2.65. The maximum absolute atomic E-state index is 13.0. The summed E-state index contributed by atoms with van der Waals surface area (Å²) in [6.07, 6.45) is -2.46. The molecular weight excluding hydrogens is 659 g/mol. The molecule has 45 heavy (non-hydrogen) atoms. The molecule has 1 aliphatic rings. The molecule has 1 unspecified atom stereocenters. The number of carbonyl (C=O) groups is 2. The zero-order valence-corrected chi connectivity index (χ0v) is 26.1. The Morgan fingerprint density at radius 2 is 1.89 bits per heavy atom. The standard InChI is InChI=1S/C26H28ClN5O4S2.C2HF3O2/c1-36-21-9-3-8-20-25(21)26(31-38(34,35)24-11-10-22(27)37-24)30-32(20)16-18-6-2-5-17(13-18)15-29-23(33)14-19-7-4-12-28-19;3-2(4,5)1(6)7/h2-3,5-6,8-11,13,19,28H,4,7,12,14-16H2,1H3,(H,29,33)(H,30,31);(H,6,7). The average molecular weight is 688 g/mol. The normalized spacial score (nSPS) is 14.9. The first kappa shape index (κ1) is 34.0. The molecule has 3 heterocycles. The summed E-state index contributed by atoms with van der Waals surface area (Å²) in [5.74, 6) is -2.05. The Kier molecular flexibility index (Phi) is 11.0. The van der Waals surface area contributed by atoms with Crippen LogP contribution >= 0.6 is 22.9 Å². The summed E-state index contributed by atoms with van der Waals surface area (Å²) < 4.78 is 68.1. The van der Waals surface area contributed by atoms with Crippen molar-refractivity contribution in [1.29, 1.82) is 0 Å². The molecule has 0 saturated carbocycles. The van der Waals surface area contributed by atoms with Crippen LogP contribution in [-0.2, 0) is 32.7 Å². The first-order valence-corrected chi connectivity index (χ1v) is 16.1. The SMILES string of the molecule is COc1cccc2c1c(NS(=O)(=O)c1ccc(Cl)s1)nn2Cc1cccc(CNC(=O)CC2CCCN2)c1.O=C(O)C(F)(F)F. The molecule has 1 amide bonds. The van der Waals surface area contributed by atoms with Gasteiger partial charge in [-0.25, -0.2) is 13.2 Å². The molecule has 0 aliphatic carbocycles. The number of methoxy groups -OCH3 is 1. The van der Waals surface area contributed by atoms with Crippen LogP contribution in [0.4, 0.5) is 19.0 Å². The van der Waals surface area contributed by atoms with Gasteiger partial charge in [0.05, 0.1) is 28.9 Å². The lowest BCUT2D eigenvalue weighted by molar-refractivity contribution is -0.192. The van der Waals surface area contributed by atoms with Crippen molar-refractivity contribution >= 4 is 61.6 Å². The van der Waals surface area contributed by atoms with Crippen LogP contribution in [0.5, 0.6) is 5.75 Å². The van der Waals surface area contributed by atoms with Gasteiger partial charge in [-0.2, -0.15) is 18.3 Å². The van der Waals surface area contributed by atoms with Crippen LogP contribution in [0, 0.1) is 0 Å². The van der Waals surface area contributed by atoms with Crippen LogP contribution < -0.4 is 20.1 Å². The summed E-state index contributed by atoms with van der Waals surface area (Å²) in [6, 6.07) is 16.6. The minimum Gasteiger partial charge on any atom is -0.496 e. The van der Waals surface area contributed by atoms with Crippen molar-refractivity contribution < 1.29 is 41.0 Å². The molecule has 1 atom stereocenters. The van der Waals surface area contributed by atoms with Crippen molar-refractivity contribution in [1.82, 2.24) is 20.4 Å². The number of alkyl halides is 3. The van der Waals surface area contributed by atoms with E-state index in [4.69, 9.17) is 26.2 Å². The molecule has 4 aromatic rings. The number of carboxylic acid groups (broad SMARTS) is 1. The van der Waals surface area contributed by atoms with Crippen LogP contribution in [-0.4, -0.2) is 61.1 Å². The highest BCUT2D eigenvalue weighted by Gasteiger charge is 2.38. The highest BCUT2D eigenvalue weighted by atomic mass is 35.5. The van der Waals surface area contributed by atoms with Crippen molar-refractivity contribution in [2.75, 3.05) is 18.4 Å². The summed E-state index contributed by atoms with van der Waals surface area (Å²) >= 11 is 6.93. The number of fused-ring (bicyclic) bond motifs is 1. The number of halogens is 4. The molecule has 2 aromatic heterocycles. The summed E-state index contributed by atoms with van der Waals surface area (Å²) in [5, 5.41) is 18.6. The van der Waals surface area contributed by atoms with Crippen LogP contribution in [0.3, 0.4) is 0 Å². The van der Waals surface area contributed by atoms with E-state index in [9.17, 15) is 26.4 Å². The number of nitrogens with one attached hydrogen (secondary N) is 3. The fourth-order valence-corrected chi connectivity index (χ4v) is 7.11. The zero-order chi connectivity index (χ0) is 32.8. The largest absolute Gasteiger partial charge is 0.496 e. The fraction of sp³-hybridized carbons (Fsp3) is 0.321. The molecule has 0 radical (unpaired) electrons. The monoisotopic (exact) mass is 687 g/mol. The second-order valence-corrected chi connectivity index (χ2v) is 13.5. The molecule has 5 rings (SSSR count). The Bertz CT molecular complexity index is 1770. The fourth-order valence-electron chi connectivity index (χ4n) is 4.62. The van der Waals surface area contributed by atoms with Gasteiger partial charge in [-0.05, 0) is 54.8 Å². The van der Waals surface area contributed by atoms with Crippen molar-refractivity contribution in [3.8, 4) is 5.75 Å². The molecule has 242 valence electrons. The lowest BCUT2D eigenvalue weighted by atomic mass is 10.1. The number of hydrogen-bond acceptors (Lipinski definition) is 8. The van der Waals surface area contributed by atoms with E-state index in [0.717, 1.165) is 41.9 Å². The van der Waals surface area contributed by atoms with Gasteiger partial charge in [0.25, 0.3) is 10.0 Å². The first-order valence-electron chi connectivity index (χ1n) is 13.5. The number of amides is 1. The summed E-state index contributed by atoms with van der Waals surface area (Å²) in [7, 11) is -2.36. The number of rotatable bonds is 10. The lowest BCUT2D eigenvalue weighted by Gasteiger charge is -2.11. The Morgan fingerprint density at radius 1 is 1.18 bits per heavy atom. The summed E-state index contributed by atoms with van der Waals surface area (Å²) in [6.45, 7) is 1.80. The predicted octanol–water partition coefficient (Wildman–Crippen LogP) is 5.00. The molecule has 2 aromatic carbocycles. The quantitative estimate of drug-likeness (QED) is 0.182. The van der Waals surface area contributed by atoms with Gasteiger partial charge in [-0.1, -0.05) is 41.9 Å². The highest BCUT2D eigenvalue weighted by Crippen LogP contribution is 2.35. The van der Waals surface area contributed by atoms with Gasteiger partial charge in [0.15, 0.2) is 5.82 Å². The maximum Gasteiger partial charge on any atom is 0.490 e. The smallest absolute Gasteiger partial charge is 0.490 e. The number of hydrogen-bond donors (Lipinski definition) is 4. The van der Waals surface area contributed by atoms with E-state index in [0.29, 0.717) is 40.5 Å².